The van der Waals surface area contributed by atoms with Gasteiger partial charge in [-0.15, -0.1) is 0 Å². The lowest BCUT2D eigenvalue weighted by atomic mass is 10.1. The molecule has 0 radical (unpaired) electrons. The van der Waals surface area contributed by atoms with Crippen molar-refractivity contribution in [1.82, 2.24) is 0 Å². The van der Waals surface area contributed by atoms with Gasteiger partial charge in [-0.05, 0) is 35.9 Å². The highest BCUT2D eigenvalue weighted by Crippen LogP contribution is 2.22. The summed E-state index contributed by atoms with van der Waals surface area (Å²) in [6, 6.07) is 9.47. The van der Waals surface area contributed by atoms with Crippen LogP contribution in [0.4, 0.5) is 4.39 Å². The average Bonchev–Trinajstić information content (AvgIpc) is 3.12. The topological polar surface area (TPSA) is 118 Å². The smallest absolute Gasteiger partial charge is 0.328 e. The van der Waals surface area contributed by atoms with Crippen LogP contribution in [0.25, 0.3) is 6.08 Å². The number of furan rings is 1. The summed E-state index contributed by atoms with van der Waals surface area (Å²) in [5.74, 6) is -4.11. The quantitative estimate of drug-likeness (QED) is 0.495. The Morgan fingerprint density at radius 2 is 1.79 bits per heavy atom. The maximum atomic E-state index is 13.0. The Morgan fingerprint density at radius 3 is 2.46 bits per heavy atom. The summed E-state index contributed by atoms with van der Waals surface area (Å²) in [6.07, 6.45) is 1.99. The molecule has 0 aliphatic heterocycles. The number of halogens is 1. The standard InChI is InChI=1S/C20H13FO7/c21-12-3-1-11(2-4-12)9-13-5-7-16(27-13)19(26)20-18(25)15(22)10-14(28-20)6-8-17(23)24/h1-8,10,25H,9H2,(H,23,24). The number of carboxylic acids is 1. The van der Waals surface area contributed by atoms with Crippen LogP contribution in [0, 0.1) is 5.82 Å². The molecule has 8 heteroatoms. The van der Waals surface area contributed by atoms with Crippen molar-refractivity contribution in [1.29, 1.82) is 0 Å². The largest absolute Gasteiger partial charge is 0.501 e. The van der Waals surface area contributed by atoms with Crippen LogP contribution >= 0.6 is 0 Å². The van der Waals surface area contributed by atoms with Gasteiger partial charge in [-0.2, -0.15) is 0 Å². The van der Waals surface area contributed by atoms with Crippen LogP contribution in [-0.2, 0) is 11.2 Å². The van der Waals surface area contributed by atoms with E-state index >= 15 is 0 Å². The van der Waals surface area contributed by atoms with Gasteiger partial charge in [0.05, 0.1) is 0 Å². The van der Waals surface area contributed by atoms with Crippen LogP contribution in [0.3, 0.4) is 0 Å². The molecular weight excluding hydrogens is 371 g/mol. The Kier molecular flexibility index (Phi) is 5.21. The van der Waals surface area contributed by atoms with E-state index in [-0.39, 0.29) is 17.3 Å². The highest BCUT2D eigenvalue weighted by molar-refractivity contribution is 6.06. The molecule has 2 aromatic heterocycles. The fourth-order valence-electron chi connectivity index (χ4n) is 2.40. The van der Waals surface area contributed by atoms with Gasteiger partial charge in [0.25, 0.3) is 5.78 Å². The predicted octanol–water partition coefficient (Wildman–Crippen LogP) is 3.00. The van der Waals surface area contributed by atoms with Gasteiger partial charge < -0.3 is 19.0 Å². The molecule has 7 nitrogen and oxygen atoms in total. The Labute approximate surface area is 157 Å². The molecule has 0 amide bonds. The third-order valence-electron chi connectivity index (χ3n) is 3.72. The molecule has 1 aromatic carbocycles. The van der Waals surface area contributed by atoms with E-state index in [1.165, 1.54) is 24.3 Å². The van der Waals surface area contributed by atoms with Crippen molar-refractivity contribution in [3.8, 4) is 5.75 Å². The minimum atomic E-state index is -1.28. The summed E-state index contributed by atoms with van der Waals surface area (Å²) < 4.78 is 23.5. The van der Waals surface area contributed by atoms with Gasteiger partial charge in [-0.3, -0.25) is 9.59 Å². The second-order valence-electron chi connectivity index (χ2n) is 5.76. The maximum Gasteiger partial charge on any atom is 0.328 e. The summed E-state index contributed by atoms with van der Waals surface area (Å²) in [5, 5.41) is 18.5. The van der Waals surface area contributed by atoms with Gasteiger partial charge in [-0.1, -0.05) is 12.1 Å². The zero-order chi connectivity index (χ0) is 20.3. The van der Waals surface area contributed by atoms with Crippen molar-refractivity contribution < 1.29 is 33.0 Å². The first-order chi connectivity index (χ1) is 13.3. The Hall–Kier alpha value is -3.94. The molecule has 142 valence electrons. The van der Waals surface area contributed by atoms with Crippen LogP contribution in [0.2, 0.25) is 0 Å². The normalized spacial score (nSPS) is 11.0. The number of rotatable bonds is 6. The Morgan fingerprint density at radius 1 is 1.07 bits per heavy atom. The van der Waals surface area contributed by atoms with Crippen molar-refractivity contribution in [2.45, 2.75) is 6.42 Å². The van der Waals surface area contributed by atoms with Gasteiger partial charge in [0, 0.05) is 18.6 Å². The predicted molar refractivity (Wildman–Crippen MR) is 94.7 cm³/mol. The van der Waals surface area contributed by atoms with Gasteiger partial charge in [0.2, 0.25) is 16.9 Å². The average molecular weight is 384 g/mol. The number of benzene rings is 1. The summed E-state index contributed by atoms with van der Waals surface area (Å²) in [6.45, 7) is 0. The molecule has 0 aliphatic rings. The molecule has 3 rings (SSSR count). The minimum absolute atomic E-state index is 0.185. The second-order valence-corrected chi connectivity index (χ2v) is 5.76. The van der Waals surface area contributed by atoms with E-state index in [4.69, 9.17) is 13.9 Å². The first-order valence-corrected chi connectivity index (χ1v) is 7.99. The van der Waals surface area contributed by atoms with Crippen LogP contribution in [0.15, 0.2) is 62.2 Å². The lowest BCUT2D eigenvalue weighted by molar-refractivity contribution is -0.131. The molecule has 3 aromatic rings. The summed E-state index contributed by atoms with van der Waals surface area (Å²) in [4.78, 5) is 34.9. The van der Waals surface area contributed by atoms with E-state index in [2.05, 4.69) is 0 Å². The maximum absolute atomic E-state index is 13.0. The minimum Gasteiger partial charge on any atom is -0.501 e. The fraction of sp³-hybridized carbons (Fsp3) is 0.0500. The van der Waals surface area contributed by atoms with E-state index < -0.39 is 28.7 Å². The van der Waals surface area contributed by atoms with E-state index in [9.17, 15) is 23.9 Å². The molecule has 0 saturated heterocycles. The molecule has 28 heavy (non-hydrogen) atoms. The molecule has 0 atom stereocenters. The first kappa shape index (κ1) is 18.8. The number of ketones is 1. The second kappa shape index (κ2) is 7.75. The number of aliphatic carboxylic acids is 1. The van der Waals surface area contributed by atoms with Crippen LogP contribution in [0.5, 0.6) is 5.75 Å². The molecule has 0 aliphatic carbocycles. The first-order valence-electron chi connectivity index (χ1n) is 7.99. The van der Waals surface area contributed by atoms with Crippen molar-refractivity contribution in [2.75, 3.05) is 0 Å². The van der Waals surface area contributed by atoms with Crippen LogP contribution in [-0.4, -0.2) is 22.0 Å². The number of aromatic hydroxyl groups is 1. The van der Waals surface area contributed by atoms with E-state index in [0.29, 0.717) is 12.2 Å². The van der Waals surface area contributed by atoms with E-state index in [0.717, 1.165) is 23.8 Å². The molecule has 0 fully saturated rings. The lowest BCUT2D eigenvalue weighted by Crippen LogP contribution is -2.09. The number of hydrogen-bond acceptors (Lipinski definition) is 6. The molecule has 0 unspecified atom stereocenters. The third-order valence-corrected chi connectivity index (χ3v) is 3.72. The number of carbonyl (C=O) groups is 2. The Bertz CT molecular complexity index is 1120. The van der Waals surface area contributed by atoms with Gasteiger partial charge in [0.1, 0.15) is 17.3 Å². The molecule has 0 bridgehead atoms. The SMILES string of the molecule is O=C(O)C=Cc1cc(=O)c(O)c(C(=O)c2ccc(Cc3ccc(F)cc3)o2)o1. The molecule has 2 N–H and O–H groups in total. The zero-order valence-corrected chi connectivity index (χ0v) is 14.2. The monoisotopic (exact) mass is 384 g/mol. The molecule has 0 spiro atoms. The fourth-order valence-corrected chi connectivity index (χ4v) is 2.40. The summed E-state index contributed by atoms with van der Waals surface area (Å²) >= 11 is 0. The summed E-state index contributed by atoms with van der Waals surface area (Å²) in [5.41, 5.74) is -0.150. The molecule has 0 saturated carbocycles. The van der Waals surface area contributed by atoms with E-state index in [1.54, 1.807) is 12.1 Å². The highest BCUT2D eigenvalue weighted by Gasteiger charge is 2.23. The zero-order valence-electron chi connectivity index (χ0n) is 14.2. The number of carbonyl (C=O) groups excluding carboxylic acids is 1. The number of carboxylic acid groups (broad SMARTS) is 1. The van der Waals surface area contributed by atoms with Crippen LogP contribution in [0.1, 0.15) is 33.4 Å². The molecule has 2 heterocycles. The molecular formula is C20H13FO7. The number of hydrogen-bond donors (Lipinski definition) is 2. The van der Waals surface area contributed by atoms with Crippen molar-refractivity contribution in [3.05, 3.63) is 93.2 Å². The highest BCUT2D eigenvalue weighted by atomic mass is 19.1. The van der Waals surface area contributed by atoms with E-state index in [1.807, 2.05) is 0 Å². The van der Waals surface area contributed by atoms with Crippen molar-refractivity contribution in [2.24, 2.45) is 0 Å². The van der Waals surface area contributed by atoms with Crippen molar-refractivity contribution in [3.63, 3.8) is 0 Å². The van der Waals surface area contributed by atoms with Gasteiger partial charge in [-0.25, -0.2) is 9.18 Å². The Balaban J connectivity index is 1.88. The van der Waals surface area contributed by atoms with Gasteiger partial charge >= 0.3 is 5.97 Å². The third kappa shape index (κ3) is 4.24. The van der Waals surface area contributed by atoms with Crippen LogP contribution < -0.4 is 5.43 Å². The van der Waals surface area contributed by atoms with Gasteiger partial charge in [0.15, 0.2) is 5.76 Å². The van der Waals surface area contributed by atoms with Crippen molar-refractivity contribution >= 4 is 17.8 Å². The summed E-state index contributed by atoms with van der Waals surface area (Å²) in [7, 11) is 0. The lowest BCUT2D eigenvalue weighted by Gasteiger charge is -2.02.